The van der Waals surface area contributed by atoms with E-state index in [0.29, 0.717) is 11.1 Å². The van der Waals surface area contributed by atoms with Crippen LogP contribution in [-0.4, -0.2) is 51.6 Å². The zero-order valence-electron chi connectivity index (χ0n) is 26.3. The van der Waals surface area contributed by atoms with Crippen LogP contribution >= 0.6 is 34.8 Å². The monoisotopic (exact) mass is 701 g/mol. The highest BCUT2D eigenvalue weighted by Gasteiger charge is 2.36. The van der Waals surface area contributed by atoms with Crippen LogP contribution in [0.15, 0.2) is 41.4 Å². The Morgan fingerprint density at radius 2 is 1.83 bits per heavy atom. The largest absolute Gasteiger partial charge is 0.396 e. The van der Waals surface area contributed by atoms with E-state index in [4.69, 9.17) is 45.5 Å². The SMILES string of the molecule is C=CC(=O)N1[C@H](C)CN(c2c(C#N)c(=O)n(C3=C(C)C=CN[C@@H]3C(C)C)c3nc(-c4c(N)c(F)c(Cl)c(F)c4Cl)c(Cl)cc23)C[C@@H]1C. The Morgan fingerprint density at radius 3 is 2.40 bits per heavy atom. The van der Waals surface area contributed by atoms with Crippen molar-refractivity contribution in [2.75, 3.05) is 23.7 Å². The number of aromatic nitrogens is 2. The number of piperazine rings is 1. The third kappa shape index (κ3) is 5.52. The van der Waals surface area contributed by atoms with Gasteiger partial charge in [-0.2, -0.15) is 5.26 Å². The Morgan fingerprint density at radius 1 is 1.19 bits per heavy atom. The van der Waals surface area contributed by atoms with Gasteiger partial charge >= 0.3 is 0 Å². The summed E-state index contributed by atoms with van der Waals surface area (Å²) < 4.78 is 31.3. The molecule has 246 valence electrons. The van der Waals surface area contributed by atoms with Crippen molar-refractivity contribution in [3.05, 3.63) is 79.2 Å². The zero-order chi connectivity index (χ0) is 34.6. The first-order chi connectivity index (χ1) is 22.2. The fraction of sp³-hybridized carbons (Fsp3) is 0.333. The minimum absolute atomic E-state index is 0.0226. The molecule has 0 radical (unpaired) electrons. The Balaban J connectivity index is 1.92. The molecule has 2 aliphatic heterocycles. The molecule has 3 N–H and O–H groups in total. The van der Waals surface area contributed by atoms with Crippen molar-refractivity contribution < 1.29 is 13.6 Å². The summed E-state index contributed by atoms with van der Waals surface area (Å²) in [7, 11) is 0. The standard InChI is InChI=1S/C33H32Cl3F2N7O2/c1-7-21(46)44-16(5)12-43(13-17(44)6)31-18-10-20(34)29(22-23(35)25(37)24(36)26(38)27(22)40)42-32(18)45(33(47)19(31)11-39)30-15(4)8-9-41-28(30)14(2)3/h7-10,14,16-17,28,41H,1,12-13,40H2,2-6H3/t16-,17+,28-/m1/s1. The van der Waals surface area contributed by atoms with Crippen molar-refractivity contribution in [3.8, 4) is 17.3 Å². The number of rotatable bonds is 5. The molecule has 0 bridgehead atoms. The van der Waals surface area contributed by atoms with E-state index in [1.54, 1.807) is 17.2 Å². The average molecular weight is 703 g/mol. The first-order valence-electron chi connectivity index (χ1n) is 14.8. The van der Waals surface area contributed by atoms with E-state index in [9.17, 15) is 19.2 Å². The summed E-state index contributed by atoms with van der Waals surface area (Å²) in [6.07, 6.45) is 4.82. The van der Waals surface area contributed by atoms with Crippen molar-refractivity contribution >= 4 is 68.8 Å². The minimum Gasteiger partial charge on any atom is -0.396 e. The van der Waals surface area contributed by atoms with Crippen LogP contribution in [-0.2, 0) is 4.79 Å². The van der Waals surface area contributed by atoms with E-state index >= 15 is 4.39 Å². The number of nitrogens with one attached hydrogen (secondary N) is 1. The summed E-state index contributed by atoms with van der Waals surface area (Å²) in [5, 5.41) is 12.5. The van der Waals surface area contributed by atoms with Crippen LogP contribution in [0.3, 0.4) is 0 Å². The molecule has 1 saturated heterocycles. The predicted octanol–water partition coefficient (Wildman–Crippen LogP) is 6.74. The van der Waals surface area contributed by atoms with Gasteiger partial charge in [-0.3, -0.25) is 14.2 Å². The number of amides is 1. The third-order valence-corrected chi connectivity index (χ3v) is 9.58. The molecular formula is C33H32Cl3F2N7O2. The fourth-order valence-corrected chi connectivity index (χ4v) is 7.31. The van der Waals surface area contributed by atoms with Crippen LogP contribution in [0.1, 0.15) is 40.2 Å². The molecule has 3 atom stereocenters. The van der Waals surface area contributed by atoms with Gasteiger partial charge in [-0.25, -0.2) is 13.8 Å². The first kappa shape index (κ1) is 34.2. The van der Waals surface area contributed by atoms with Crippen molar-refractivity contribution in [1.82, 2.24) is 19.8 Å². The van der Waals surface area contributed by atoms with Gasteiger partial charge in [0.1, 0.15) is 22.3 Å². The van der Waals surface area contributed by atoms with Crippen LogP contribution < -0.4 is 21.5 Å². The lowest BCUT2D eigenvalue weighted by molar-refractivity contribution is -0.130. The van der Waals surface area contributed by atoms with Crippen LogP contribution in [0.25, 0.3) is 28.0 Å². The van der Waals surface area contributed by atoms with Crippen molar-refractivity contribution in [2.45, 2.75) is 52.7 Å². The molecule has 1 fully saturated rings. The maximum absolute atomic E-state index is 15.0. The molecule has 0 spiro atoms. The second-order valence-corrected chi connectivity index (χ2v) is 13.2. The van der Waals surface area contributed by atoms with Gasteiger partial charge in [0.15, 0.2) is 11.6 Å². The van der Waals surface area contributed by atoms with Crippen LogP contribution in [0.4, 0.5) is 20.2 Å². The number of halogens is 5. The average Bonchev–Trinajstić information content (AvgIpc) is 3.02. The lowest BCUT2D eigenvalue weighted by Gasteiger charge is -2.45. The van der Waals surface area contributed by atoms with Crippen molar-refractivity contribution in [1.29, 1.82) is 5.26 Å². The Bertz CT molecular complexity index is 1980. The molecule has 14 heteroatoms. The maximum Gasteiger partial charge on any atom is 0.276 e. The van der Waals surface area contributed by atoms with Gasteiger partial charge in [0.05, 0.1) is 38.9 Å². The molecule has 1 amide bonds. The summed E-state index contributed by atoms with van der Waals surface area (Å²) in [6.45, 7) is 13.6. The number of nitriles is 1. The van der Waals surface area contributed by atoms with E-state index in [1.807, 2.05) is 39.5 Å². The first-order valence-corrected chi connectivity index (χ1v) is 15.9. The Labute approximate surface area is 285 Å². The summed E-state index contributed by atoms with van der Waals surface area (Å²) >= 11 is 18.9. The molecule has 5 rings (SSSR count). The van der Waals surface area contributed by atoms with E-state index in [0.717, 1.165) is 5.57 Å². The number of anilines is 2. The molecule has 1 aromatic carbocycles. The van der Waals surface area contributed by atoms with Gasteiger partial charge in [0, 0.05) is 36.1 Å². The molecule has 4 heterocycles. The summed E-state index contributed by atoms with van der Waals surface area (Å²) in [4.78, 5) is 35.5. The van der Waals surface area contributed by atoms with E-state index in [2.05, 4.69) is 18.0 Å². The second-order valence-electron chi connectivity index (χ2n) is 12.1. The summed E-state index contributed by atoms with van der Waals surface area (Å²) in [6, 6.07) is 2.57. The maximum atomic E-state index is 15.0. The van der Waals surface area contributed by atoms with Gasteiger partial charge in [-0.15, -0.1) is 0 Å². The van der Waals surface area contributed by atoms with Gasteiger partial charge < -0.3 is 20.9 Å². The number of nitrogen functional groups attached to an aromatic ring is 1. The number of carbonyl (C=O) groups is 1. The third-order valence-electron chi connectivity index (χ3n) is 8.61. The molecule has 0 saturated carbocycles. The van der Waals surface area contributed by atoms with Gasteiger partial charge in [0.25, 0.3) is 5.56 Å². The van der Waals surface area contributed by atoms with E-state index in [1.165, 1.54) is 16.7 Å². The quantitative estimate of drug-likeness (QED) is 0.131. The number of carbonyl (C=O) groups excluding carboxylic acids is 1. The molecule has 9 nitrogen and oxygen atoms in total. The highest BCUT2D eigenvalue weighted by molar-refractivity contribution is 6.39. The van der Waals surface area contributed by atoms with Gasteiger partial charge in [-0.1, -0.05) is 55.2 Å². The summed E-state index contributed by atoms with van der Waals surface area (Å²) in [5.41, 5.74) is 5.69. The normalized spacial score (nSPS) is 19.7. The summed E-state index contributed by atoms with van der Waals surface area (Å²) in [5.74, 6) is -2.75. The van der Waals surface area contributed by atoms with Crippen molar-refractivity contribution in [2.24, 2.45) is 5.92 Å². The number of nitrogens with two attached hydrogens (primary N) is 1. The zero-order valence-corrected chi connectivity index (χ0v) is 28.5. The molecule has 47 heavy (non-hydrogen) atoms. The van der Waals surface area contributed by atoms with Crippen LogP contribution in [0, 0.1) is 28.9 Å². The molecule has 0 unspecified atom stereocenters. The molecule has 0 aliphatic carbocycles. The molecular weight excluding hydrogens is 671 g/mol. The minimum atomic E-state index is -1.25. The number of nitrogens with zero attached hydrogens (tertiary/aromatic N) is 5. The van der Waals surface area contributed by atoms with Crippen LogP contribution in [0.2, 0.25) is 15.1 Å². The van der Waals surface area contributed by atoms with Gasteiger partial charge in [0.2, 0.25) is 5.91 Å². The number of benzene rings is 1. The van der Waals surface area contributed by atoms with Gasteiger partial charge in [-0.05, 0) is 56.7 Å². The molecule has 2 aromatic heterocycles. The predicted molar refractivity (Wildman–Crippen MR) is 183 cm³/mol. The molecule has 2 aliphatic rings. The van der Waals surface area contributed by atoms with E-state index in [-0.39, 0.29) is 76.2 Å². The number of fused-ring (bicyclic) bond motifs is 1. The number of dihydropyridines is 1. The molecule has 3 aromatic rings. The smallest absolute Gasteiger partial charge is 0.276 e. The number of allylic oxidation sites excluding steroid dienone is 2. The highest BCUT2D eigenvalue weighted by atomic mass is 35.5. The number of hydrogen-bond donors (Lipinski definition) is 2. The fourth-order valence-electron chi connectivity index (χ4n) is 6.53. The topological polar surface area (TPSA) is 120 Å². The Kier molecular flexibility index (Phi) is 9.34. The number of pyridine rings is 2. The van der Waals surface area contributed by atoms with Crippen molar-refractivity contribution in [3.63, 3.8) is 0 Å². The van der Waals surface area contributed by atoms with E-state index < -0.39 is 32.9 Å². The van der Waals surface area contributed by atoms with Crippen LogP contribution in [0.5, 0.6) is 0 Å². The number of hydrogen-bond acceptors (Lipinski definition) is 7. The highest BCUT2D eigenvalue weighted by Crippen LogP contribution is 2.45. The second kappa shape index (κ2) is 12.8. The Hall–Kier alpha value is -4.11. The lowest BCUT2D eigenvalue weighted by Crippen LogP contribution is -2.58. The lowest BCUT2D eigenvalue weighted by atomic mass is 9.94.